The summed E-state index contributed by atoms with van der Waals surface area (Å²) >= 11 is 0. The molecule has 0 spiro atoms. The van der Waals surface area contributed by atoms with Crippen molar-refractivity contribution in [2.75, 3.05) is 18.0 Å². The highest BCUT2D eigenvalue weighted by Crippen LogP contribution is 2.29. The molecule has 1 fully saturated rings. The van der Waals surface area contributed by atoms with Gasteiger partial charge in [-0.25, -0.2) is 9.97 Å². The molecule has 0 saturated carbocycles. The first-order valence-corrected chi connectivity index (χ1v) is 7.53. The molecular formula is C17H17N5. The van der Waals surface area contributed by atoms with Crippen molar-refractivity contribution in [3.05, 3.63) is 30.0 Å². The van der Waals surface area contributed by atoms with Crippen molar-refractivity contribution in [1.29, 1.82) is 10.5 Å². The van der Waals surface area contributed by atoms with Gasteiger partial charge in [0.25, 0.3) is 0 Å². The molecule has 1 saturated heterocycles. The molecule has 0 amide bonds. The highest BCUT2D eigenvalue weighted by Gasteiger charge is 2.25. The lowest BCUT2D eigenvalue weighted by Crippen LogP contribution is -2.34. The smallest absolute Gasteiger partial charge is 0.178 e. The number of para-hydroxylation sites is 2. The molecule has 0 bridgehead atoms. The summed E-state index contributed by atoms with van der Waals surface area (Å²) in [4.78, 5) is 11.4. The van der Waals surface area contributed by atoms with Crippen LogP contribution >= 0.6 is 0 Å². The third-order valence-corrected chi connectivity index (χ3v) is 4.19. The van der Waals surface area contributed by atoms with Gasteiger partial charge in [0.05, 0.1) is 23.2 Å². The molecule has 3 rings (SSSR count). The number of benzene rings is 1. The lowest BCUT2D eigenvalue weighted by Gasteiger charge is -2.32. The summed E-state index contributed by atoms with van der Waals surface area (Å²) in [5, 5.41) is 18.5. The largest absolute Gasteiger partial charge is 0.355 e. The molecule has 0 unspecified atom stereocenters. The molecule has 0 radical (unpaired) electrons. The zero-order valence-corrected chi connectivity index (χ0v) is 12.5. The number of nitrogens with zero attached hydrogens (tertiary/aromatic N) is 5. The predicted molar refractivity (Wildman–Crippen MR) is 84.1 cm³/mol. The van der Waals surface area contributed by atoms with Crippen molar-refractivity contribution in [1.82, 2.24) is 9.97 Å². The van der Waals surface area contributed by atoms with Crippen LogP contribution in [-0.4, -0.2) is 23.1 Å². The monoisotopic (exact) mass is 291 g/mol. The first kappa shape index (κ1) is 14.3. The number of aromatic nitrogens is 2. The van der Waals surface area contributed by atoms with Crippen molar-refractivity contribution in [3.8, 4) is 12.1 Å². The van der Waals surface area contributed by atoms with Crippen LogP contribution in [0, 0.1) is 28.6 Å². The van der Waals surface area contributed by atoms with E-state index in [9.17, 15) is 10.5 Å². The van der Waals surface area contributed by atoms with Gasteiger partial charge in [-0.05, 0) is 30.9 Å². The quantitative estimate of drug-likeness (QED) is 0.850. The number of piperidine rings is 1. The summed E-state index contributed by atoms with van der Waals surface area (Å²) in [6, 6.07) is 11.6. The summed E-state index contributed by atoms with van der Waals surface area (Å²) in [5.41, 5.74) is 2.01. The van der Waals surface area contributed by atoms with E-state index < -0.39 is 5.92 Å². The second-order valence-corrected chi connectivity index (χ2v) is 5.78. The number of rotatable bonds is 2. The second kappa shape index (κ2) is 5.99. The van der Waals surface area contributed by atoms with Gasteiger partial charge in [-0.1, -0.05) is 19.1 Å². The molecule has 2 aromatic rings. The van der Waals surface area contributed by atoms with E-state index in [0.717, 1.165) is 37.0 Å². The van der Waals surface area contributed by atoms with Gasteiger partial charge in [0, 0.05) is 13.1 Å². The number of fused-ring (bicyclic) bond motifs is 1. The molecular weight excluding hydrogens is 274 g/mol. The van der Waals surface area contributed by atoms with Crippen LogP contribution in [0.25, 0.3) is 11.0 Å². The summed E-state index contributed by atoms with van der Waals surface area (Å²) in [7, 11) is 0. The molecule has 22 heavy (non-hydrogen) atoms. The fourth-order valence-electron chi connectivity index (χ4n) is 2.80. The van der Waals surface area contributed by atoms with Crippen LogP contribution in [0.15, 0.2) is 24.3 Å². The SMILES string of the molecule is CC1CCN(c2nc3ccccc3nc2C(C#N)C#N)CC1. The third kappa shape index (κ3) is 2.58. The maximum absolute atomic E-state index is 9.26. The van der Waals surface area contributed by atoms with E-state index in [2.05, 4.69) is 16.8 Å². The Kier molecular flexibility index (Phi) is 3.89. The first-order chi connectivity index (χ1) is 10.7. The average molecular weight is 291 g/mol. The number of nitriles is 2. The minimum Gasteiger partial charge on any atom is -0.355 e. The fraction of sp³-hybridized carbons (Fsp3) is 0.412. The topological polar surface area (TPSA) is 76.6 Å². The van der Waals surface area contributed by atoms with E-state index in [1.807, 2.05) is 36.4 Å². The molecule has 1 aliphatic rings. The normalized spacial score (nSPS) is 15.7. The van der Waals surface area contributed by atoms with Gasteiger partial charge in [-0.2, -0.15) is 10.5 Å². The number of anilines is 1. The van der Waals surface area contributed by atoms with E-state index >= 15 is 0 Å². The Hall–Kier alpha value is -2.66. The zero-order valence-electron chi connectivity index (χ0n) is 12.5. The summed E-state index contributed by atoms with van der Waals surface area (Å²) in [6.07, 6.45) is 2.19. The summed E-state index contributed by atoms with van der Waals surface area (Å²) in [5.74, 6) is 0.515. The Morgan fingerprint density at radius 2 is 1.68 bits per heavy atom. The zero-order chi connectivity index (χ0) is 15.5. The van der Waals surface area contributed by atoms with Crippen molar-refractivity contribution in [2.24, 2.45) is 5.92 Å². The molecule has 0 N–H and O–H groups in total. The summed E-state index contributed by atoms with van der Waals surface area (Å²) < 4.78 is 0. The van der Waals surface area contributed by atoms with E-state index in [-0.39, 0.29) is 0 Å². The van der Waals surface area contributed by atoms with Crippen LogP contribution in [0.2, 0.25) is 0 Å². The van der Waals surface area contributed by atoms with Crippen LogP contribution in [-0.2, 0) is 0 Å². The van der Waals surface area contributed by atoms with E-state index in [1.54, 1.807) is 0 Å². The molecule has 5 nitrogen and oxygen atoms in total. The van der Waals surface area contributed by atoms with Gasteiger partial charge in [0.15, 0.2) is 11.7 Å². The molecule has 1 aromatic carbocycles. The third-order valence-electron chi connectivity index (χ3n) is 4.19. The van der Waals surface area contributed by atoms with Gasteiger partial charge < -0.3 is 4.90 Å². The molecule has 5 heteroatoms. The van der Waals surface area contributed by atoms with Crippen molar-refractivity contribution >= 4 is 16.9 Å². The molecule has 1 aliphatic heterocycles. The molecule has 110 valence electrons. The molecule has 1 aromatic heterocycles. The van der Waals surface area contributed by atoms with E-state index in [1.165, 1.54) is 0 Å². The Morgan fingerprint density at radius 1 is 1.09 bits per heavy atom. The standard InChI is InChI=1S/C17H17N5/c1-12-6-8-22(9-7-12)17-16(13(10-18)11-19)20-14-4-2-3-5-15(14)21-17/h2-5,12-13H,6-9H2,1H3. The van der Waals surface area contributed by atoms with E-state index in [0.29, 0.717) is 17.4 Å². The van der Waals surface area contributed by atoms with Crippen LogP contribution in [0.1, 0.15) is 31.4 Å². The fourth-order valence-corrected chi connectivity index (χ4v) is 2.80. The lowest BCUT2D eigenvalue weighted by molar-refractivity contribution is 0.436. The molecule has 0 aliphatic carbocycles. The van der Waals surface area contributed by atoms with Gasteiger partial charge in [0.2, 0.25) is 0 Å². The minimum absolute atomic E-state index is 0.484. The Labute approximate surface area is 129 Å². The summed E-state index contributed by atoms with van der Waals surface area (Å²) in [6.45, 7) is 4.03. The van der Waals surface area contributed by atoms with Crippen LogP contribution in [0.3, 0.4) is 0 Å². The Bertz CT molecular complexity index is 749. The highest BCUT2D eigenvalue weighted by atomic mass is 15.2. The van der Waals surface area contributed by atoms with E-state index in [4.69, 9.17) is 4.98 Å². The maximum Gasteiger partial charge on any atom is 0.178 e. The van der Waals surface area contributed by atoms with Crippen LogP contribution in [0.4, 0.5) is 5.82 Å². The minimum atomic E-state index is -0.883. The van der Waals surface area contributed by atoms with Gasteiger partial charge >= 0.3 is 0 Å². The first-order valence-electron chi connectivity index (χ1n) is 7.53. The van der Waals surface area contributed by atoms with Gasteiger partial charge in [0.1, 0.15) is 5.69 Å². The Morgan fingerprint density at radius 3 is 2.27 bits per heavy atom. The average Bonchev–Trinajstić information content (AvgIpc) is 2.56. The van der Waals surface area contributed by atoms with Crippen LogP contribution in [0.5, 0.6) is 0 Å². The second-order valence-electron chi connectivity index (χ2n) is 5.78. The maximum atomic E-state index is 9.26. The van der Waals surface area contributed by atoms with Crippen LogP contribution < -0.4 is 4.90 Å². The van der Waals surface area contributed by atoms with Crippen molar-refractivity contribution in [2.45, 2.75) is 25.7 Å². The molecule has 2 heterocycles. The van der Waals surface area contributed by atoms with Gasteiger partial charge in [-0.3, -0.25) is 0 Å². The van der Waals surface area contributed by atoms with Gasteiger partial charge in [-0.15, -0.1) is 0 Å². The number of hydrogen-bond donors (Lipinski definition) is 0. The predicted octanol–water partition coefficient (Wildman–Crippen LogP) is 3.00. The molecule has 0 atom stereocenters. The van der Waals surface area contributed by atoms with Crippen molar-refractivity contribution < 1.29 is 0 Å². The lowest BCUT2D eigenvalue weighted by atomic mass is 9.98. The highest BCUT2D eigenvalue weighted by molar-refractivity contribution is 5.77. The number of hydrogen-bond acceptors (Lipinski definition) is 5. The van der Waals surface area contributed by atoms with Crippen molar-refractivity contribution in [3.63, 3.8) is 0 Å². The Balaban J connectivity index is 2.11.